The van der Waals surface area contributed by atoms with E-state index in [1.54, 1.807) is 67.6 Å². The van der Waals surface area contributed by atoms with E-state index in [0.29, 0.717) is 23.8 Å². The Morgan fingerprint density at radius 3 is 2.15 bits per heavy atom. The number of hydrogen-bond acceptors (Lipinski definition) is 6. The molecule has 254 valence electrons. The largest absolute Gasteiger partial charge is 0.492 e. The summed E-state index contributed by atoms with van der Waals surface area (Å²) in [6, 6.07) is 28.7. The molecule has 0 radical (unpaired) electrons. The van der Waals surface area contributed by atoms with Crippen LogP contribution in [0.2, 0.25) is 5.02 Å². The van der Waals surface area contributed by atoms with Gasteiger partial charge in [0.15, 0.2) is 0 Å². The quantitative estimate of drug-likeness (QED) is 0.124. The molecule has 0 heterocycles. The number of carbonyl (C=O) groups is 2. The molecule has 1 N–H and O–H groups in total. The third-order valence-corrected chi connectivity index (χ3v) is 10.7. The van der Waals surface area contributed by atoms with Crippen LogP contribution in [0.5, 0.6) is 5.75 Å². The van der Waals surface area contributed by atoms with Crippen molar-refractivity contribution in [2.24, 2.45) is 0 Å². The van der Waals surface area contributed by atoms with Crippen LogP contribution in [0.15, 0.2) is 113 Å². The average Bonchev–Trinajstić information content (AvgIpc) is 3.10. The molecule has 8 nitrogen and oxygen atoms in total. The molecule has 0 aliphatic rings. The molecule has 0 saturated heterocycles. The van der Waals surface area contributed by atoms with Crippen molar-refractivity contribution >= 4 is 50.9 Å². The summed E-state index contributed by atoms with van der Waals surface area (Å²) in [6.45, 7) is 5.44. The Morgan fingerprint density at radius 1 is 0.875 bits per heavy atom. The molecule has 2 amide bonds. The summed E-state index contributed by atoms with van der Waals surface area (Å²) in [5.41, 5.74) is 1.81. The van der Waals surface area contributed by atoms with Crippen LogP contribution in [-0.4, -0.2) is 56.6 Å². The van der Waals surface area contributed by atoms with E-state index >= 15 is 0 Å². The van der Waals surface area contributed by atoms with Crippen molar-refractivity contribution in [2.45, 2.75) is 62.0 Å². The Balaban J connectivity index is 1.84. The SMILES string of the molecule is CCOc1ccccc1N(CC(=O)N(Cc1ccc(Cl)cc1)[C@H](Cc1ccccc1)C(=O)N[C@H](C)CC)S(=O)(=O)c1ccc(SC)cc1. The van der Waals surface area contributed by atoms with Gasteiger partial charge in [0.1, 0.15) is 18.3 Å². The number of sulfonamides is 1. The van der Waals surface area contributed by atoms with Gasteiger partial charge in [-0.05, 0) is 86.2 Å². The Kier molecular flexibility index (Phi) is 13.4. The van der Waals surface area contributed by atoms with E-state index in [1.165, 1.54) is 28.8 Å². The molecule has 0 spiro atoms. The van der Waals surface area contributed by atoms with Crippen LogP contribution in [0.1, 0.15) is 38.3 Å². The maximum Gasteiger partial charge on any atom is 0.264 e. The first kappa shape index (κ1) is 36.8. The maximum atomic E-state index is 14.7. The van der Waals surface area contributed by atoms with Gasteiger partial charge in [-0.15, -0.1) is 11.8 Å². The lowest BCUT2D eigenvalue weighted by molar-refractivity contribution is -0.140. The van der Waals surface area contributed by atoms with Crippen molar-refractivity contribution in [3.8, 4) is 5.75 Å². The van der Waals surface area contributed by atoms with Gasteiger partial charge in [0.05, 0.1) is 17.2 Å². The number of hydrogen-bond donors (Lipinski definition) is 1. The topological polar surface area (TPSA) is 96.0 Å². The maximum absolute atomic E-state index is 14.7. The van der Waals surface area contributed by atoms with Crippen molar-refractivity contribution in [2.75, 3.05) is 23.7 Å². The molecule has 0 fully saturated rings. The summed E-state index contributed by atoms with van der Waals surface area (Å²) in [6.07, 6.45) is 2.83. The highest BCUT2D eigenvalue weighted by atomic mass is 35.5. The number of thioether (sulfide) groups is 1. The minimum Gasteiger partial charge on any atom is -0.492 e. The number of halogens is 1. The van der Waals surface area contributed by atoms with Crippen LogP contribution in [0.25, 0.3) is 0 Å². The number of benzene rings is 4. The molecular weight excluding hydrogens is 666 g/mol. The predicted molar refractivity (Wildman–Crippen MR) is 194 cm³/mol. The number of nitrogens with zero attached hydrogens (tertiary/aromatic N) is 2. The normalized spacial score (nSPS) is 12.5. The lowest BCUT2D eigenvalue weighted by Crippen LogP contribution is -2.54. The fourth-order valence-electron chi connectivity index (χ4n) is 5.11. The van der Waals surface area contributed by atoms with Crippen LogP contribution < -0.4 is 14.4 Å². The zero-order valence-corrected chi connectivity index (χ0v) is 30.0. The third kappa shape index (κ3) is 9.55. The molecule has 4 rings (SSSR count). The molecule has 4 aromatic carbocycles. The van der Waals surface area contributed by atoms with E-state index in [4.69, 9.17) is 16.3 Å². The van der Waals surface area contributed by atoms with E-state index in [9.17, 15) is 18.0 Å². The smallest absolute Gasteiger partial charge is 0.264 e. The lowest BCUT2D eigenvalue weighted by Gasteiger charge is -2.34. The fourth-order valence-corrected chi connectivity index (χ4v) is 7.07. The van der Waals surface area contributed by atoms with Gasteiger partial charge in [-0.2, -0.15) is 0 Å². The van der Waals surface area contributed by atoms with Gasteiger partial charge in [-0.25, -0.2) is 8.42 Å². The second-order valence-electron chi connectivity index (χ2n) is 11.3. The summed E-state index contributed by atoms with van der Waals surface area (Å²) < 4.78 is 35.8. The van der Waals surface area contributed by atoms with Crippen LogP contribution in [0.4, 0.5) is 5.69 Å². The summed E-state index contributed by atoms with van der Waals surface area (Å²) in [7, 11) is -4.28. The molecule has 0 aromatic heterocycles. The Bertz CT molecular complexity index is 1750. The number of ether oxygens (including phenoxy) is 1. The second-order valence-corrected chi connectivity index (χ2v) is 14.4. The minimum atomic E-state index is -4.28. The third-order valence-electron chi connectivity index (χ3n) is 7.90. The summed E-state index contributed by atoms with van der Waals surface area (Å²) >= 11 is 7.67. The molecule has 0 saturated carbocycles. The minimum absolute atomic E-state index is 0.0269. The van der Waals surface area contributed by atoms with Crippen molar-refractivity contribution in [1.29, 1.82) is 0 Å². The number of para-hydroxylation sites is 2. The van der Waals surface area contributed by atoms with Crippen LogP contribution in [0, 0.1) is 0 Å². The van der Waals surface area contributed by atoms with Gasteiger partial charge in [0, 0.05) is 28.9 Å². The first-order valence-electron chi connectivity index (χ1n) is 15.8. The Morgan fingerprint density at radius 2 is 1.52 bits per heavy atom. The van der Waals surface area contributed by atoms with E-state index in [-0.39, 0.29) is 35.5 Å². The van der Waals surface area contributed by atoms with E-state index in [2.05, 4.69) is 5.32 Å². The molecule has 2 atom stereocenters. The number of nitrogens with one attached hydrogen (secondary N) is 1. The number of carbonyl (C=O) groups excluding carboxylic acids is 2. The lowest BCUT2D eigenvalue weighted by atomic mass is 10.0. The standard InChI is InChI=1S/C37H42ClN3O5S2/c1-5-27(3)39-37(43)34(24-28-12-8-7-9-13-28)40(25-29-16-18-30(38)19-17-29)36(42)26-41(33-14-10-11-15-35(33)46-6-2)48(44,45)32-22-20-31(47-4)21-23-32/h7-23,27,34H,5-6,24-26H2,1-4H3,(H,39,43)/t27-,34-/m1/s1. The van der Waals surface area contributed by atoms with Gasteiger partial charge in [0.25, 0.3) is 10.0 Å². The zero-order chi connectivity index (χ0) is 34.7. The molecule has 0 unspecified atom stereocenters. The molecule has 11 heteroatoms. The van der Waals surface area contributed by atoms with E-state index in [1.807, 2.05) is 50.4 Å². The highest BCUT2D eigenvalue weighted by Crippen LogP contribution is 2.33. The molecule has 4 aromatic rings. The summed E-state index contributed by atoms with van der Waals surface area (Å²) in [5, 5.41) is 3.58. The van der Waals surface area contributed by atoms with E-state index < -0.39 is 28.5 Å². The number of anilines is 1. The van der Waals surface area contributed by atoms with Crippen LogP contribution >= 0.6 is 23.4 Å². The second kappa shape index (κ2) is 17.4. The van der Waals surface area contributed by atoms with Crippen molar-refractivity contribution < 1.29 is 22.7 Å². The Labute approximate surface area is 293 Å². The number of rotatable bonds is 16. The molecule has 0 bridgehead atoms. The summed E-state index contributed by atoms with van der Waals surface area (Å²) in [5.74, 6) is -0.565. The highest BCUT2D eigenvalue weighted by Gasteiger charge is 2.35. The Hall–Kier alpha value is -3.99. The van der Waals surface area contributed by atoms with Gasteiger partial charge >= 0.3 is 0 Å². The fraction of sp³-hybridized carbons (Fsp3) is 0.297. The highest BCUT2D eigenvalue weighted by molar-refractivity contribution is 7.98. The monoisotopic (exact) mass is 707 g/mol. The molecule has 0 aliphatic heterocycles. The van der Waals surface area contributed by atoms with Crippen molar-refractivity contribution in [3.63, 3.8) is 0 Å². The number of amides is 2. The first-order valence-corrected chi connectivity index (χ1v) is 18.9. The van der Waals surface area contributed by atoms with Crippen molar-refractivity contribution in [1.82, 2.24) is 10.2 Å². The molecule has 0 aliphatic carbocycles. The van der Waals surface area contributed by atoms with Crippen molar-refractivity contribution in [3.05, 3.63) is 119 Å². The van der Waals surface area contributed by atoms with Gasteiger partial charge in [-0.1, -0.05) is 73.1 Å². The van der Waals surface area contributed by atoms with Gasteiger partial charge in [0.2, 0.25) is 11.8 Å². The van der Waals surface area contributed by atoms with Gasteiger partial charge in [-0.3, -0.25) is 13.9 Å². The first-order chi connectivity index (χ1) is 23.1. The average molecular weight is 708 g/mol. The summed E-state index contributed by atoms with van der Waals surface area (Å²) in [4.78, 5) is 31.1. The predicted octanol–water partition coefficient (Wildman–Crippen LogP) is 7.21. The van der Waals surface area contributed by atoms with Crippen LogP contribution in [-0.2, 0) is 32.6 Å². The molecular formula is C37H42ClN3O5S2. The van der Waals surface area contributed by atoms with Gasteiger partial charge < -0.3 is 15.0 Å². The van der Waals surface area contributed by atoms with E-state index in [0.717, 1.165) is 20.3 Å². The molecule has 48 heavy (non-hydrogen) atoms. The van der Waals surface area contributed by atoms with Crippen LogP contribution in [0.3, 0.4) is 0 Å². The zero-order valence-electron chi connectivity index (χ0n) is 27.6.